The summed E-state index contributed by atoms with van der Waals surface area (Å²) in [5.74, 6) is -1.39. The molecule has 2 atom stereocenters. The van der Waals surface area contributed by atoms with Crippen molar-refractivity contribution in [2.24, 2.45) is 5.73 Å². The van der Waals surface area contributed by atoms with E-state index in [-0.39, 0.29) is 34.3 Å². The van der Waals surface area contributed by atoms with Gasteiger partial charge in [0, 0.05) is 12.3 Å². The minimum Gasteiger partial charge on any atom is -0.491 e. The standard InChI is InChI=1S/C18H13ClFN5O4/c19-15-9(20)1-2-11-14(15)16-10(7-28-11)24(6-12(21)26)18(27)8-5-22-25-4-3-13(29-16)23-17(8)25/h1-5,10,16H,6-7H2,(H2,21,26). The number of carbonyl (C=O) groups is 2. The van der Waals surface area contributed by atoms with E-state index in [1.807, 2.05) is 0 Å². The lowest BCUT2D eigenvalue weighted by Crippen LogP contribution is -2.52. The number of carbonyl (C=O) groups excluding carboxylic acids is 2. The molecular weight excluding hydrogens is 405 g/mol. The lowest BCUT2D eigenvalue weighted by Gasteiger charge is -2.39. The summed E-state index contributed by atoms with van der Waals surface area (Å²) in [5, 5.41) is 3.91. The molecular formula is C18H13ClFN5O4. The van der Waals surface area contributed by atoms with Crippen molar-refractivity contribution in [3.63, 3.8) is 0 Å². The van der Waals surface area contributed by atoms with E-state index >= 15 is 0 Å². The van der Waals surface area contributed by atoms with Crippen molar-refractivity contribution in [2.45, 2.75) is 12.1 Å². The summed E-state index contributed by atoms with van der Waals surface area (Å²) in [6, 6.07) is 3.38. The van der Waals surface area contributed by atoms with Crippen molar-refractivity contribution in [2.75, 3.05) is 13.2 Å². The van der Waals surface area contributed by atoms with Gasteiger partial charge in [-0.3, -0.25) is 9.59 Å². The molecule has 0 spiro atoms. The number of benzene rings is 1. The van der Waals surface area contributed by atoms with Gasteiger partial charge in [-0.2, -0.15) is 10.1 Å². The molecule has 2 amide bonds. The van der Waals surface area contributed by atoms with Crippen molar-refractivity contribution in [1.82, 2.24) is 19.5 Å². The molecule has 2 N–H and O–H groups in total. The van der Waals surface area contributed by atoms with Crippen molar-refractivity contribution < 1.29 is 23.5 Å². The SMILES string of the molecule is NC(=O)CN1C(=O)c2cnn3ccc(nc23)OC2c3c(ccc(F)c3Cl)OCC21. The number of amides is 2. The summed E-state index contributed by atoms with van der Waals surface area (Å²) in [7, 11) is 0. The number of nitrogens with two attached hydrogens (primary N) is 1. The number of fused-ring (bicyclic) bond motifs is 4. The Morgan fingerprint density at radius 1 is 1.38 bits per heavy atom. The third-order valence-corrected chi connectivity index (χ3v) is 5.33. The topological polar surface area (TPSA) is 112 Å². The average molecular weight is 418 g/mol. The molecule has 148 valence electrons. The van der Waals surface area contributed by atoms with Crippen molar-refractivity contribution in [3.05, 3.63) is 52.6 Å². The first-order valence-corrected chi connectivity index (χ1v) is 9.03. The van der Waals surface area contributed by atoms with Gasteiger partial charge in [0.1, 0.15) is 36.3 Å². The third kappa shape index (κ3) is 2.67. The minimum absolute atomic E-state index is 0.0148. The van der Waals surface area contributed by atoms with Crippen LogP contribution in [0.5, 0.6) is 11.6 Å². The molecule has 9 nitrogen and oxygen atoms in total. The van der Waals surface area contributed by atoms with Gasteiger partial charge in [-0.25, -0.2) is 8.91 Å². The Labute approximate surface area is 167 Å². The number of aromatic nitrogens is 3. The van der Waals surface area contributed by atoms with Crippen LogP contribution >= 0.6 is 11.6 Å². The quantitative estimate of drug-likeness (QED) is 0.673. The summed E-state index contributed by atoms with van der Waals surface area (Å²) in [5.41, 5.74) is 6.05. The zero-order valence-electron chi connectivity index (χ0n) is 14.7. The number of primary amides is 1. The van der Waals surface area contributed by atoms with Gasteiger partial charge in [-0.1, -0.05) is 11.6 Å². The van der Waals surface area contributed by atoms with E-state index in [1.54, 1.807) is 12.3 Å². The number of halogens is 2. The Morgan fingerprint density at radius 2 is 2.21 bits per heavy atom. The second-order valence-electron chi connectivity index (χ2n) is 6.68. The van der Waals surface area contributed by atoms with Gasteiger partial charge in [-0.15, -0.1) is 0 Å². The number of hydrogen-bond acceptors (Lipinski definition) is 6. The van der Waals surface area contributed by atoms with Crippen molar-refractivity contribution in [3.8, 4) is 11.6 Å². The molecule has 3 aromatic rings. The largest absolute Gasteiger partial charge is 0.491 e. The van der Waals surface area contributed by atoms with Gasteiger partial charge in [-0.05, 0) is 12.1 Å². The van der Waals surface area contributed by atoms with E-state index in [1.165, 1.54) is 27.7 Å². The molecule has 0 aliphatic carbocycles. The zero-order chi connectivity index (χ0) is 20.3. The maximum absolute atomic E-state index is 14.2. The summed E-state index contributed by atoms with van der Waals surface area (Å²) < 4.78 is 27.4. The Bertz CT molecular complexity index is 1180. The van der Waals surface area contributed by atoms with Gasteiger partial charge in [0.05, 0.1) is 16.8 Å². The van der Waals surface area contributed by atoms with E-state index in [0.29, 0.717) is 5.75 Å². The molecule has 2 aliphatic rings. The monoisotopic (exact) mass is 417 g/mol. The molecule has 2 aromatic heterocycles. The predicted molar refractivity (Wildman–Crippen MR) is 97.3 cm³/mol. The number of nitrogens with zero attached hydrogens (tertiary/aromatic N) is 4. The molecule has 1 aromatic carbocycles. The minimum atomic E-state index is -0.933. The Hall–Kier alpha value is -3.40. The fourth-order valence-electron chi connectivity index (χ4n) is 3.65. The molecule has 29 heavy (non-hydrogen) atoms. The third-order valence-electron chi connectivity index (χ3n) is 4.95. The van der Waals surface area contributed by atoms with Gasteiger partial charge in [0.15, 0.2) is 11.8 Å². The molecule has 11 heteroatoms. The highest BCUT2D eigenvalue weighted by Gasteiger charge is 2.43. The normalized spacial score (nSPS) is 20.2. The number of rotatable bonds is 2. The Morgan fingerprint density at radius 3 is 3.00 bits per heavy atom. The van der Waals surface area contributed by atoms with Crippen molar-refractivity contribution in [1.29, 1.82) is 0 Å². The first kappa shape index (κ1) is 17.7. The molecule has 5 rings (SSSR count). The van der Waals surface area contributed by atoms with Crippen LogP contribution in [0.2, 0.25) is 5.02 Å². The fraction of sp³-hybridized carbons (Fsp3) is 0.222. The predicted octanol–water partition coefficient (Wildman–Crippen LogP) is 1.34. The van der Waals surface area contributed by atoms with Crippen LogP contribution in [0.3, 0.4) is 0 Å². The molecule has 0 radical (unpaired) electrons. The fourth-order valence-corrected chi connectivity index (χ4v) is 3.91. The van der Waals surface area contributed by atoms with Crippen LogP contribution in [0.1, 0.15) is 22.0 Å². The molecule has 0 fully saturated rings. The van der Waals surface area contributed by atoms with Gasteiger partial charge < -0.3 is 20.1 Å². The van der Waals surface area contributed by atoms with Crippen LogP contribution in [-0.4, -0.2) is 50.5 Å². The first-order valence-electron chi connectivity index (χ1n) is 8.65. The van der Waals surface area contributed by atoms with Crippen LogP contribution in [0.4, 0.5) is 4.39 Å². The van der Waals surface area contributed by atoms with E-state index < -0.39 is 36.3 Å². The molecule has 2 bridgehead atoms. The molecule has 0 saturated heterocycles. The summed E-state index contributed by atoms with van der Waals surface area (Å²) >= 11 is 6.22. The summed E-state index contributed by atoms with van der Waals surface area (Å²) in [6.45, 7) is -0.415. The second-order valence-corrected chi connectivity index (χ2v) is 7.06. The van der Waals surface area contributed by atoms with E-state index in [4.69, 9.17) is 26.8 Å². The molecule has 2 aliphatic heterocycles. The summed E-state index contributed by atoms with van der Waals surface area (Å²) in [6.07, 6.45) is 2.00. The second kappa shape index (κ2) is 6.31. The summed E-state index contributed by atoms with van der Waals surface area (Å²) in [4.78, 5) is 30.6. The molecule has 2 unspecified atom stereocenters. The van der Waals surface area contributed by atoms with Crippen LogP contribution in [-0.2, 0) is 4.79 Å². The smallest absolute Gasteiger partial charge is 0.260 e. The Kier molecular flexibility index (Phi) is 3.85. The highest BCUT2D eigenvalue weighted by Crippen LogP contribution is 2.43. The first-order chi connectivity index (χ1) is 13.9. The number of ether oxygens (including phenoxy) is 2. The van der Waals surface area contributed by atoms with Crippen LogP contribution in [0.15, 0.2) is 30.6 Å². The molecule has 0 saturated carbocycles. The highest BCUT2D eigenvalue weighted by atomic mass is 35.5. The van der Waals surface area contributed by atoms with Crippen LogP contribution in [0.25, 0.3) is 5.65 Å². The lowest BCUT2D eigenvalue weighted by atomic mass is 9.96. The maximum Gasteiger partial charge on any atom is 0.260 e. The van der Waals surface area contributed by atoms with E-state index in [0.717, 1.165) is 0 Å². The molecule has 4 heterocycles. The van der Waals surface area contributed by atoms with Crippen molar-refractivity contribution >= 4 is 29.1 Å². The zero-order valence-corrected chi connectivity index (χ0v) is 15.5. The average Bonchev–Trinajstić information content (AvgIpc) is 3.12. The van der Waals surface area contributed by atoms with Gasteiger partial charge in [0.25, 0.3) is 5.91 Å². The lowest BCUT2D eigenvalue weighted by molar-refractivity contribution is -0.119. The van der Waals surface area contributed by atoms with Gasteiger partial charge >= 0.3 is 0 Å². The van der Waals surface area contributed by atoms with Crippen LogP contribution in [0, 0.1) is 5.82 Å². The highest BCUT2D eigenvalue weighted by molar-refractivity contribution is 6.31. The van der Waals surface area contributed by atoms with Crippen LogP contribution < -0.4 is 15.2 Å². The van der Waals surface area contributed by atoms with E-state index in [2.05, 4.69) is 10.1 Å². The number of hydrogen-bond donors (Lipinski definition) is 1. The maximum atomic E-state index is 14.2. The Balaban J connectivity index is 1.74. The van der Waals surface area contributed by atoms with E-state index in [9.17, 15) is 14.0 Å². The van der Waals surface area contributed by atoms with Gasteiger partial charge in [0.2, 0.25) is 11.8 Å².